The summed E-state index contributed by atoms with van der Waals surface area (Å²) in [5, 5.41) is 20.9. The van der Waals surface area contributed by atoms with Crippen molar-refractivity contribution in [3.63, 3.8) is 0 Å². The van der Waals surface area contributed by atoms with E-state index < -0.39 is 11.4 Å². The van der Waals surface area contributed by atoms with Crippen LogP contribution in [-0.2, 0) is 4.79 Å². The molecule has 0 aliphatic heterocycles. The van der Waals surface area contributed by atoms with Gasteiger partial charge in [0.15, 0.2) is 0 Å². The van der Waals surface area contributed by atoms with Crippen LogP contribution in [0.1, 0.15) is 119 Å². The van der Waals surface area contributed by atoms with E-state index in [2.05, 4.69) is 41.5 Å². The van der Waals surface area contributed by atoms with Crippen LogP contribution in [0.4, 0.5) is 0 Å². The highest BCUT2D eigenvalue weighted by molar-refractivity contribution is 5.74. The van der Waals surface area contributed by atoms with Gasteiger partial charge >= 0.3 is 5.97 Å². The smallest absolute Gasteiger partial charge is 0.309 e. The highest BCUT2D eigenvalue weighted by Crippen LogP contribution is 2.78. The molecule has 33 heavy (non-hydrogen) atoms. The molecule has 5 saturated carbocycles. The maximum atomic E-state index is 12.3. The molecule has 0 unspecified atom stereocenters. The van der Waals surface area contributed by atoms with E-state index in [-0.39, 0.29) is 22.3 Å². The van der Waals surface area contributed by atoms with Crippen LogP contribution >= 0.6 is 0 Å². The molecule has 2 N–H and O–H groups in total. The molecule has 0 aromatic heterocycles. The molecule has 0 bridgehead atoms. The van der Waals surface area contributed by atoms with Gasteiger partial charge in [-0.25, -0.2) is 0 Å². The number of hydrogen-bond acceptors (Lipinski definition) is 2. The highest BCUT2D eigenvalue weighted by Gasteiger charge is 2.71. The predicted octanol–water partition coefficient (Wildman–Crippen LogP) is 7.31. The number of rotatable bonds is 1. The summed E-state index contributed by atoms with van der Waals surface area (Å²) in [4.78, 5) is 12.3. The highest BCUT2D eigenvalue weighted by atomic mass is 16.4. The number of aliphatic carboxylic acids is 1. The first-order chi connectivity index (χ1) is 15.2. The first kappa shape index (κ1) is 24.1. The van der Waals surface area contributed by atoms with E-state index in [1.165, 1.54) is 44.9 Å². The summed E-state index contributed by atoms with van der Waals surface area (Å²) < 4.78 is 0. The number of hydrogen-bond donors (Lipinski definition) is 2. The van der Waals surface area contributed by atoms with Gasteiger partial charge in [0.05, 0.1) is 11.5 Å². The Labute approximate surface area is 202 Å². The normalized spacial score (nSPS) is 60.7. The fourth-order valence-electron chi connectivity index (χ4n) is 11.4. The van der Waals surface area contributed by atoms with E-state index in [0.29, 0.717) is 34.5 Å². The van der Waals surface area contributed by atoms with Gasteiger partial charge in [-0.1, -0.05) is 41.5 Å². The first-order valence-corrected chi connectivity index (χ1v) is 14.1. The van der Waals surface area contributed by atoms with Crippen molar-refractivity contribution < 1.29 is 15.0 Å². The van der Waals surface area contributed by atoms with Crippen molar-refractivity contribution in [1.82, 2.24) is 0 Å². The Morgan fingerprint density at radius 3 is 1.97 bits per heavy atom. The molecule has 0 saturated heterocycles. The first-order valence-electron chi connectivity index (χ1n) is 14.1. The molecule has 5 aliphatic carbocycles. The Morgan fingerprint density at radius 1 is 0.697 bits per heavy atom. The summed E-state index contributed by atoms with van der Waals surface area (Å²) in [6.07, 6.45) is 12.4. The van der Waals surface area contributed by atoms with Crippen molar-refractivity contribution in [2.45, 2.75) is 125 Å². The van der Waals surface area contributed by atoms with E-state index in [0.717, 1.165) is 25.7 Å². The molecule has 0 aromatic carbocycles. The van der Waals surface area contributed by atoms with E-state index in [1.54, 1.807) is 0 Å². The van der Waals surface area contributed by atoms with E-state index in [4.69, 9.17) is 0 Å². The minimum atomic E-state index is -0.579. The lowest BCUT2D eigenvalue weighted by Gasteiger charge is -2.75. The minimum absolute atomic E-state index is 0.137. The molecule has 0 amide bonds. The fourth-order valence-corrected chi connectivity index (χ4v) is 11.4. The summed E-state index contributed by atoms with van der Waals surface area (Å²) in [6.45, 7) is 17.2. The van der Waals surface area contributed by atoms with Crippen molar-refractivity contribution in [1.29, 1.82) is 0 Å². The Morgan fingerprint density at radius 2 is 1.30 bits per heavy atom. The Kier molecular flexibility index (Phi) is 5.13. The molecule has 5 fully saturated rings. The van der Waals surface area contributed by atoms with Crippen LogP contribution in [0.15, 0.2) is 0 Å². The molecular weight excluding hydrogens is 408 g/mol. The lowest BCUT2D eigenvalue weighted by atomic mass is 9.30. The molecule has 0 heterocycles. The standard InChI is InChI=1S/C30H50O3/c1-19-20(31)8-9-21-27(19,4)11-10-22-28(21,5)15-17-30(7)23-18-26(3,24(32)33)13-12-25(23,2)14-16-29(22,30)6/h19-23,31H,8-18H2,1-7H3,(H,32,33)/t19-,20+,21+,22-,23+,25+,26-,27+,28-,29+,30-/m0/s1. The van der Waals surface area contributed by atoms with Gasteiger partial charge < -0.3 is 10.2 Å². The molecule has 5 rings (SSSR count). The number of carboxylic acids is 1. The van der Waals surface area contributed by atoms with Crippen LogP contribution in [0.2, 0.25) is 0 Å². The summed E-state index contributed by atoms with van der Waals surface area (Å²) in [7, 11) is 0. The zero-order valence-corrected chi connectivity index (χ0v) is 22.5. The lowest BCUT2D eigenvalue weighted by Crippen LogP contribution is -2.68. The van der Waals surface area contributed by atoms with Crippen LogP contribution in [0.25, 0.3) is 0 Å². The summed E-state index contributed by atoms with van der Waals surface area (Å²) in [6, 6.07) is 0. The lowest BCUT2D eigenvalue weighted by molar-refractivity contribution is -0.263. The SMILES string of the molecule is C[C@H]1[C@H](O)CC[C@@H]2[C@]1(C)CC[C@H]1[C@@]2(C)CC[C@@]2(C)[C@@H]3C[C@@](C)(C(=O)O)CC[C@]3(C)CC[C@]12C. The third-order valence-electron chi connectivity index (χ3n) is 14.2. The van der Waals surface area contributed by atoms with E-state index in [9.17, 15) is 15.0 Å². The van der Waals surface area contributed by atoms with Crippen molar-refractivity contribution in [2.24, 2.45) is 56.2 Å². The molecule has 3 heteroatoms. The number of carbonyl (C=O) groups is 1. The van der Waals surface area contributed by atoms with Gasteiger partial charge in [0.25, 0.3) is 0 Å². The average molecular weight is 459 g/mol. The van der Waals surface area contributed by atoms with Gasteiger partial charge in [0.2, 0.25) is 0 Å². The molecule has 3 nitrogen and oxygen atoms in total. The molecule has 5 aliphatic rings. The van der Waals surface area contributed by atoms with Crippen molar-refractivity contribution in [3.8, 4) is 0 Å². The molecule has 0 spiro atoms. The van der Waals surface area contributed by atoms with Crippen molar-refractivity contribution >= 4 is 5.97 Å². The molecule has 188 valence electrons. The fraction of sp³-hybridized carbons (Fsp3) is 0.967. The molecule has 0 aromatic rings. The monoisotopic (exact) mass is 458 g/mol. The molecule has 11 atom stereocenters. The van der Waals surface area contributed by atoms with Crippen molar-refractivity contribution in [3.05, 3.63) is 0 Å². The second kappa shape index (κ2) is 7.01. The van der Waals surface area contributed by atoms with Crippen LogP contribution in [-0.4, -0.2) is 22.3 Å². The van der Waals surface area contributed by atoms with Crippen LogP contribution in [0, 0.1) is 56.2 Å². The number of carboxylic acid groups (broad SMARTS) is 1. The zero-order valence-electron chi connectivity index (χ0n) is 22.5. The van der Waals surface area contributed by atoms with Gasteiger partial charge in [-0.2, -0.15) is 0 Å². The Hall–Kier alpha value is -0.570. The van der Waals surface area contributed by atoms with Gasteiger partial charge in [0.1, 0.15) is 0 Å². The molecular formula is C30H50O3. The minimum Gasteiger partial charge on any atom is -0.481 e. The van der Waals surface area contributed by atoms with Gasteiger partial charge in [-0.15, -0.1) is 0 Å². The Balaban J connectivity index is 1.54. The van der Waals surface area contributed by atoms with Crippen LogP contribution < -0.4 is 0 Å². The predicted molar refractivity (Wildman–Crippen MR) is 133 cm³/mol. The van der Waals surface area contributed by atoms with Crippen molar-refractivity contribution in [2.75, 3.05) is 0 Å². The number of fused-ring (bicyclic) bond motifs is 7. The number of aliphatic hydroxyl groups excluding tert-OH is 1. The topological polar surface area (TPSA) is 57.5 Å². The third kappa shape index (κ3) is 2.87. The van der Waals surface area contributed by atoms with Gasteiger partial charge in [-0.05, 0) is 128 Å². The summed E-state index contributed by atoms with van der Waals surface area (Å²) in [5.74, 6) is 1.73. The molecule has 0 radical (unpaired) electrons. The quantitative estimate of drug-likeness (QED) is 0.433. The maximum Gasteiger partial charge on any atom is 0.309 e. The summed E-state index contributed by atoms with van der Waals surface area (Å²) >= 11 is 0. The summed E-state index contributed by atoms with van der Waals surface area (Å²) in [5.41, 5.74) is 0.823. The van der Waals surface area contributed by atoms with Crippen LogP contribution in [0.5, 0.6) is 0 Å². The maximum absolute atomic E-state index is 12.3. The van der Waals surface area contributed by atoms with E-state index >= 15 is 0 Å². The Bertz CT molecular complexity index is 838. The van der Waals surface area contributed by atoms with Gasteiger partial charge in [0, 0.05) is 0 Å². The third-order valence-corrected chi connectivity index (χ3v) is 14.2. The average Bonchev–Trinajstić information content (AvgIpc) is 2.74. The largest absolute Gasteiger partial charge is 0.481 e. The van der Waals surface area contributed by atoms with E-state index in [1.807, 2.05) is 6.92 Å². The second-order valence-electron chi connectivity index (χ2n) is 15.2. The van der Waals surface area contributed by atoms with Gasteiger partial charge in [-0.3, -0.25) is 4.79 Å². The number of aliphatic hydroxyl groups is 1. The second-order valence-corrected chi connectivity index (χ2v) is 15.2. The zero-order chi connectivity index (χ0) is 24.2. The van der Waals surface area contributed by atoms with Crippen LogP contribution in [0.3, 0.4) is 0 Å².